The van der Waals surface area contributed by atoms with E-state index in [4.69, 9.17) is 0 Å². The van der Waals surface area contributed by atoms with Gasteiger partial charge in [0.25, 0.3) is 0 Å². The fraction of sp³-hybridized carbons (Fsp3) is 0.227. The molecule has 4 rings (SSSR count). The van der Waals surface area contributed by atoms with Gasteiger partial charge in [-0.25, -0.2) is 9.97 Å². The van der Waals surface area contributed by atoms with Gasteiger partial charge in [-0.3, -0.25) is 4.79 Å². The quantitative estimate of drug-likeness (QED) is 0.493. The van der Waals surface area contributed by atoms with Crippen molar-refractivity contribution < 1.29 is 18.0 Å². The molecule has 0 unspecified atom stereocenters. The number of nitrogens with one attached hydrogen (secondary N) is 2. The maximum atomic E-state index is 13.9. The van der Waals surface area contributed by atoms with Crippen molar-refractivity contribution in [3.8, 4) is 11.4 Å². The smallest absolute Gasteiger partial charge is 0.353 e. The largest absolute Gasteiger partial charge is 0.435 e. The monoisotopic (exact) mass is 427 g/mol. The lowest BCUT2D eigenvalue weighted by Gasteiger charge is -2.13. The minimum atomic E-state index is -4.66. The molecule has 4 aromatic rings. The number of hydrogen-bond acceptors (Lipinski definition) is 4. The number of aromatic nitrogens is 3. The van der Waals surface area contributed by atoms with Crippen molar-refractivity contribution in [1.29, 1.82) is 0 Å². The van der Waals surface area contributed by atoms with Gasteiger partial charge >= 0.3 is 6.18 Å². The molecule has 0 aliphatic rings. The summed E-state index contributed by atoms with van der Waals surface area (Å²) in [5.41, 5.74) is 0.0439. The Morgan fingerprint density at radius 3 is 2.45 bits per heavy atom. The first-order chi connectivity index (χ1) is 14.9. The number of rotatable bonds is 6. The normalized spacial score (nSPS) is 11.9. The van der Waals surface area contributed by atoms with Crippen LogP contribution in [0, 0.1) is 0 Å². The van der Waals surface area contributed by atoms with Gasteiger partial charge in [0.1, 0.15) is 11.3 Å². The molecular formula is C22H20F3N5O. The first kappa shape index (κ1) is 20.8. The van der Waals surface area contributed by atoms with E-state index >= 15 is 0 Å². The minimum Gasteiger partial charge on any atom is -0.353 e. The molecule has 31 heavy (non-hydrogen) atoms. The molecule has 6 nitrogen and oxygen atoms in total. The number of para-hydroxylation sites is 1. The Hall–Kier alpha value is -3.46. The molecule has 0 spiro atoms. The zero-order valence-corrected chi connectivity index (χ0v) is 16.7. The molecule has 2 aromatic heterocycles. The van der Waals surface area contributed by atoms with Gasteiger partial charge in [-0.1, -0.05) is 48.5 Å². The predicted molar refractivity (Wildman–Crippen MR) is 112 cm³/mol. The third-order valence-corrected chi connectivity index (χ3v) is 4.88. The van der Waals surface area contributed by atoms with Crippen LogP contribution in [-0.2, 0) is 17.5 Å². The van der Waals surface area contributed by atoms with Crippen LogP contribution in [0.5, 0.6) is 0 Å². The average molecular weight is 427 g/mol. The summed E-state index contributed by atoms with van der Waals surface area (Å²) in [5.74, 6) is 0.192. The van der Waals surface area contributed by atoms with Gasteiger partial charge in [0.05, 0.1) is 17.6 Å². The summed E-state index contributed by atoms with van der Waals surface area (Å²) in [6.07, 6.45) is -4.66. The van der Waals surface area contributed by atoms with E-state index < -0.39 is 11.9 Å². The highest BCUT2D eigenvalue weighted by atomic mass is 19.4. The van der Waals surface area contributed by atoms with Crippen molar-refractivity contribution in [3.63, 3.8) is 0 Å². The molecular weight excluding hydrogens is 407 g/mol. The molecule has 2 heterocycles. The van der Waals surface area contributed by atoms with Crippen molar-refractivity contribution in [2.75, 3.05) is 20.1 Å². The maximum absolute atomic E-state index is 13.9. The van der Waals surface area contributed by atoms with Crippen molar-refractivity contribution in [3.05, 3.63) is 60.3 Å². The maximum Gasteiger partial charge on any atom is 0.435 e. The van der Waals surface area contributed by atoms with E-state index in [1.54, 1.807) is 60.1 Å². The molecule has 2 aromatic carbocycles. The Morgan fingerprint density at radius 2 is 1.74 bits per heavy atom. The van der Waals surface area contributed by atoms with E-state index in [0.717, 1.165) is 0 Å². The first-order valence-electron chi connectivity index (χ1n) is 9.73. The molecule has 9 heteroatoms. The topological polar surface area (TPSA) is 71.8 Å². The number of fused-ring (bicyclic) bond motifs is 3. The number of benzene rings is 2. The van der Waals surface area contributed by atoms with Crippen molar-refractivity contribution in [1.82, 2.24) is 25.2 Å². The second kappa shape index (κ2) is 8.35. The van der Waals surface area contributed by atoms with Crippen LogP contribution in [0.3, 0.4) is 0 Å². The molecule has 0 atom stereocenters. The van der Waals surface area contributed by atoms with Gasteiger partial charge < -0.3 is 15.2 Å². The Morgan fingerprint density at radius 1 is 1.03 bits per heavy atom. The number of nitrogens with zero attached hydrogens (tertiary/aromatic N) is 3. The van der Waals surface area contributed by atoms with Gasteiger partial charge in [-0.15, -0.1) is 0 Å². The number of imidazole rings is 1. The Kier molecular flexibility index (Phi) is 5.60. The van der Waals surface area contributed by atoms with Gasteiger partial charge in [-0.2, -0.15) is 13.2 Å². The van der Waals surface area contributed by atoms with Gasteiger partial charge in [0, 0.05) is 24.0 Å². The molecule has 0 saturated carbocycles. The lowest BCUT2D eigenvalue weighted by Crippen LogP contribution is -2.34. The minimum absolute atomic E-state index is 0.154. The van der Waals surface area contributed by atoms with E-state index in [1.807, 2.05) is 6.07 Å². The number of pyridine rings is 1. The molecule has 0 aliphatic carbocycles. The van der Waals surface area contributed by atoms with Crippen LogP contribution >= 0.6 is 0 Å². The molecule has 0 radical (unpaired) electrons. The van der Waals surface area contributed by atoms with Crippen LogP contribution in [-0.4, -0.2) is 40.6 Å². The van der Waals surface area contributed by atoms with E-state index in [0.29, 0.717) is 22.3 Å². The molecule has 0 aliphatic heterocycles. The fourth-order valence-electron chi connectivity index (χ4n) is 3.59. The van der Waals surface area contributed by atoms with Gasteiger partial charge in [0.2, 0.25) is 5.91 Å². The highest BCUT2D eigenvalue weighted by Crippen LogP contribution is 2.38. The van der Waals surface area contributed by atoms with Crippen LogP contribution in [0.1, 0.15) is 5.69 Å². The van der Waals surface area contributed by atoms with Crippen molar-refractivity contribution in [2.24, 2.45) is 0 Å². The fourth-order valence-corrected chi connectivity index (χ4v) is 3.59. The molecule has 160 valence electrons. The molecule has 0 fully saturated rings. The highest BCUT2D eigenvalue weighted by Gasteiger charge is 2.37. The zero-order chi connectivity index (χ0) is 22.0. The SMILES string of the molecule is CNCC(=O)NCCn1c(-c2ccccc2)nc2c(C(F)(F)F)nc3ccccc3c21. The van der Waals surface area contributed by atoms with E-state index in [-0.39, 0.29) is 36.6 Å². The second-order valence-corrected chi connectivity index (χ2v) is 7.01. The summed E-state index contributed by atoms with van der Waals surface area (Å²) >= 11 is 0. The average Bonchev–Trinajstić information content (AvgIpc) is 3.13. The summed E-state index contributed by atoms with van der Waals surface area (Å²) in [6, 6.07) is 15.7. The van der Waals surface area contributed by atoms with Gasteiger partial charge in [-0.05, 0) is 13.1 Å². The molecule has 1 amide bonds. The van der Waals surface area contributed by atoms with Crippen LogP contribution in [0.15, 0.2) is 54.6 Å². The number of alkyl halides is 3. The molecule has 0 saturated heterocycles. The van der Waals surface area contributed by atoms with Crippen LogP contribution in [0.25, 0.3) is 33.3 Å². The third-order valence-electron chi connectivity index (χ3n) is 4.88. The summed E-state index contributed by atoms with van der Waals surface area (Å²) < 4.78 is 43.3. The Labute approximate surface area is 176 Å². The van der Waals surface area contributed by atoms with Crippen molar-refractivity contribution in [2.45, 2.75) is 12.7 Å². The number of amides is 1. The Balaban J connectivity index is 1.95. The number of carbonyl (C=O) groups is 1. The van der Waals surface area contributed by atoms with E-state index in [2.05, 4.69) is 20.6 Å². The van der Waals surface area contributed by atoms with Gasteiger partial charge in [0.15, 0.2) is 5.69 Å². The Bertz CT molecular complexity index is 1230. The summed E-state index contributed by atoms with van der Waals surface area (Å²) in [5, 5.41) is 6.10. The first-order valence-corrected chi connectivity index (χ1v) is 9.73. The summed E-state index contributed by atoms with van der Waals surface area (Å²) in [7, 11) is 1.66. The predicted octanol–water partition coefficient (Wildman–Crippen LogP) is 3.61. The molecule has 0 bridgehead atoms. The van der Waals surface area contributed by atoms with Crippen LogP contribution in [0.2, 0.25) is 0 Å². The lowest BCUT2D eigenvalue weighted by atomic mass is 10.1. The number of hydrogen-bond donors (Lipinski definition) is 2. The lowest BCUT2D eigenvalue weighted by molar-refractivity contribution is -0.139. The standard InChI is InChI=1S/C22H20F3N5O/c1-26-13-17(31)27-11-12-30-19-15-9-5-6-10-16(15)28-20(22(23,24)25)18(19)29-21(30)14-7-3-2-4-8-14/h2-10,26H,11-13H2,1H3,(H,27,31). The highest BCUT2D eigenvalue weighted by molar-refractivity contribution is 6.04. The summed E-state index contributed by atoms with van der Waals surface area (Å²) in [4.78, 5) is 20.1. The number of halogens is 3. The second-order valence-electron chi connectivity index (χ2n) is 7.01. The number of carbonyl (C=O) groups excluding carboxylic acids is 1. The van der Waals surface area contributed by atoms with E-state index in [1.165, 1.54) is 0 Å². The van der Waals surface area contributed by atoms with E-state index in [9.17, 15) is 18.0 Å². The van der Waals surface area contributed by atoms with Crippen LogP contribution < -0.4 is 10.6 Å². The van der Waals surface area contributed by atoms with Crippen LogP contribution in [0.4, 0.5) is 13.2 Å². The summed E-state index contributed by atoms with van der Waals surface area (Å²) in [6.45, 7) is 0.645. The zero-order valence-electron chi connectivity index (χ0n) is 16.7. The third kappa shape index (κ3) is 4.09. The number of likely N-dealkylation sites (N-methyl/N-ethyl adjacent to an activating group) is 1. The van der Waals surface area contributed by atoms with Crippen molar-refractivity contribution >= 4 is 27.8 Å². The molecule has 2 N–H and O–H groups in total.